The molecule has 0 bridgehead atoms. The highest BCUT2D eigenvalue weighted by molar-refractivity contribution is 4.80. The molecule has 0 saturated carbocycles. The predicted octanol–water partition coefficient (Wildman–Crippen LogP) is 0.419. The van der Waals surface area contributed by atoms with Crippen molar-refractivity contribution in [1.82, 2.24) is 0 Å². The summed E-state index contributed by atoms with van der Waals surface area (Å²) < 4.78 is 9.99. The van der Waals surface area contributed by atoms with Crippen LogP contribution in [0.15, 0.2) is 5.11 Å². The Morgan fingerprint density at radius 3 is 3.00 bits per heavy atom. The van der Waals surface area contributed by atoms with Gasteiger partial charge in [0.05, 0.1) is 18.8 Å². The quantitative estimate of drug-likeness (QED) is 0.373. The van der Waals surface area contributed by atoms with Crippen molar-refractivity contribution >= 4 is 0 Å². The molecule has 1 saturated heterocycles. The van der Waals surface area contributed by atoms with Gasteiger partial charge < -0.3 is 14.6 Å². The Balaban J connectivity index is 2.47. The number of ether oxygens (including phenoxy) is 2. The molecule has 0 radical (unpaired) electrons. The van der Waals surface area contributed by atoms with Crippen LogP contribution in [0.3, 0.4) is 0 Å². The fraction of sp³-hybridized carbons (Fsp3) is 1.00. The molecular formula is C6H11N3O3. The number of rotatable bonds is 2. The van der Waals surface area contributed by atoms with Gasteiger partial charge in [0.1, 0.15) is 0 Å². The summed E-state index contributed by atoms with van der Waals surface area (Å²) >= 11 is 0. The van der Waals surface area contributed by atoms with E-state index in [-0.39, 0.29) is 12.9 Å². The first-order chi connectivity index (χ1) is 5.77. The maximum atomic E-state index is 9.38. The Hall–Kier alpha value is -0.810. The van der Waals surface area contributed by atoms with Gasteiger partial charge in [0.2, 0.25) is 0 Å². The van der Waals surface area contributed by atoms with Crippen LogP contribution in [0.25, 0.3) is 10.4 Å². The van der Waals surface area contributed by atoms with E-state index in [1.54, 1.807) is 0 Å². The highest BCUT2D eigenvalue weighted by Crippen LogP contribution is 2.17. The number of hydrogen-bond acceptors (Lipinski definition) is 4. The molecule has 1 aliphatic rings. The van der Waals surface area contributed by atoms with Crippen LogP contribution in [0.5, 0.6) is 0 Å². The van der Waals surface area contributed by atoms with E-state index in [9.17, 15) is 5.11 Å². The lowest BCUT2D eigenvalue weighted by Gasteiger charge is -2.29. The standard InChI is InChI=1S/C6H11N3O3/c1-11-6-2-5(10)4(3-12-6)8-9-7/h4-6,10H,2-3H2,1H3. The second-order valence-electron chi connectivity index (χ2n) is 2.57. The summed E-state index contributed by atoms with van der Waals surface area (Å²) in [4.78, 5) is 2.60. The zero-order chi connectivity index (χ0) is 8.97. The number of azide groups is 1. The highest BCUT2D eigenvalue weighted by atomic mass is 16.7. The van der Waals surface area contributed by atoms with Gasteiger partial charge in [-0.25, -0.2) is 0 Å². The average molecular weight is 173 g/mol. The molecule has 1 fully saturated rings. The van der Waals surface area contributed by atoms with Gasteiger partial charge in [0.15, 0.2) is 6.29 Å². The number of aliphatic hydroxyl groups excluding tert-OH is 1. The smallest absolute Gasteiger partial charge is 0.159 e. The van der Waals surface area contributed by atoms with Gasteiger partial charge in [-0.2, -0.15) is 0 Å². The fourth-order valence-corrected chi connectivity index (χ4v) is 1.08. The van der Waals surface area contributed by atoms with Crippen molar-refractivity contribution in [3.63, 3.8) is 0 Å². The third-order valence-corrected chi connectivity index (χ3v) is 1.79. The van der Waals surface area contributed by atoms with Crippen molar-refractivity contribution in [2.45, 2.75) is 24.9 Å². The molecule has 12 heavy (non-hydrogen) atoms. The largest absolute Gasteiger partial charge is 0.392 e. The van der Waals surface area contributed by atoms with Gasteiger partial charge in [0, 0.05) is 18.4 Å². The number of hydrogen-bond donors (Lipinski definition) is 1. The van der Waals surface area contributed by atoms with E-state index in [1.165, 1.54) is 7.11 Å². The molecule has 3 atom stereocenters. The molecule has 1 rings (SSSR count). The minimum atomic E-state index is -0.667. The molecule has 0 aromatic carbocycles. The third-order valence-electron chi connectivity index (χ3n) is 1.79. The summed E-state index contributed by atoms with van der Waals surface area (Å²) in [6.07, 6.45) is -0.704. The summed E-state index contributed by atoms with van der Waals surface area (Å²) in [5, 5.41) is 12.8. The van der Waals surface area contributed by atoms with Gasteiger partial charge in [-0.1, -0.05) is 5.11 Å². The lowest BCUT2D eigenvalue weighted by molar-refractivity contribution is -0.176. The SMILES string of the molecule is COC1CC(O)C(N=[N+]=[N-])CO1. The van der Waals surface area contributed by atoms with Gasteiger partial charge in [-0.05, 0) is 5.53 Å². The zero-order valence-corrected chi connectivity index (χ0v) is 6.75. The third kappa shape index (κ3) is 2.09. The molecule has 6 heteroatoms. The van der Waals surface area contributed by atoms with E-state index in [2.05, 4.69) is 10.0 Å². The lowest BCUT2D eigenvalue weighted by atomic mass is 10.1. The van der Waals surface area contributed by atoms with Crippen LogP contribution < -0.4 is 0 Å². The topological polar surface area (TPSA) is 87.5 Å². The first-order valence-corrected chi connectivity index (χ1v) is 3.64. The summed E-state index contributed by atoms with van der Waals surface area (Å²) in [6, 6.07) is -0.485. The Morgan fingerprint density at radius 2 is 2.50 bits per heavy atom. The Labute approximate surface area is 69.7 Å². The molecule has 0 aromatic rings. The molecular weight excluding hydrogens is 162 g/mol. The van der Waals surface area contributed by atoms with Crippen molar-refractivity contribution in [3.05, 3.63) is 10.4 Å². The van der Waals surface area contributed by atoms with Gasteiger partial charge in [-0.15, -0.1) is 0 Å². The van der Waals surface area contributed by atoms with Crippen LogP contribution in [-0.2, 0) is 9.47 Å². The first kappa shape index (κ1) is 9.28. The van der Waals surface area contributed by atoms with Crippen molar-refractivity contribution in [3.8, 4) is 0 Å². The Bertz CT molecular complexity index is 192. The lowest BCUT2D eigenvalue weighted by Crippen LogP contribution is -2.40. The van der Waals surface area contributed by atoms with Crippen molar-refractivity contribution in [2.75, 3.05) is 13.7 Å². The van der Waals surface area contributed by atoms with Crippen LogP contribution in [0, 0.1) is 0 Å². The Kier molecular flexibility index (Phi) is 3.31. The van der Waals surface area contributed by atoms with Gasteiger partial charge in [-0.3, -0.25) is 0 Å². The molecule has 3 unspecified atom stereocenters. The van der Waals surface area contributed by atoms with Crippen LogP contribution in [0.1, 0.15) is 6.42 Å². The van der Waals surface area contributed by atoms with Crippen molar-refractivity contribution < 1.29 is 14.6 Å². The van der Waals surface area contributed by atoms with Crippen LogP contribution in [0.4, 0.5) is 0 Å². The van der Waals surface area contributed by atoms with E-state index >= 15 is 0 Å². The number of nitrogens with zero attached hydrogens (tertiary/aromatic N) is 3. The molecule has 68 valence electrons. The predicted molar refractivity (Wildman–Crippen MR) is 40.3 cm³/mol. The average Bonchev–Trinajstić information content (AvgIpc) is 2.09. The molecule has 0 aromatic heterocycles. The molecule has 0 spiro atoms. The number of aliphatic hydroxyl groups is 1. The minimum absolute atomic E-state index is 0.212. The summed E-state index contributed by atoms with van der Waals surface area (Å²) in [5.41, 5.74) is 8.12. The molecule has 1 heterocycles. The number of methoxy groups -OCH3 is 1. The van der Waals surface area contributed by atoms with E-state index in [1.807, 2.05) is 0 Å². The monoisotopic (exact) mass is 173 g/mol. The van der Waals surface area contributed by atoms with E-state index in [0.717, 1.165) is 0 Å². The van der Waals surface area contributed by atoms with E-state index < -0.39 is 12.1 Å². The summed E-state index contributed by atoms with van der Waals surface area (Å²) in [6.45, 7) is 0.212. The van der Waals surface area contributed by atoms with Crippen molar-refractivity contribution in [2.24, 2.45) is 5.11 Å². The van der Waals surface area contributed by atoms with Gasteiger partial charge >= 0.3 is 0 Å². The molecule has 1 aliphatic heterocycles. The van der Waals surface area contributed by atoms with Crippen LogP contribution >= 0.6 is 0 Å². The first-order valence-electron chi connectivity index (χ1n) is 3.64. The normalized spacial score (nSPS) is 35.7. The van der Waals surface area contributed by atoms with Crippen molar-refractivity contribution in [1.29, 1.82) is 0 Å². The molecule has 6 nitrogen and oxygen atoms in total. The van der Waals surface area contributed by atoms with E-state index in [4.69, 9.17) is 15.0 Å². The van der Waals surface area contributed by atoms with E-state index in [0.29, 0.717) is 6.42 Å². The Morgan fingerprint density at radius 1 is 1.75 bits per heavy atom. The van der Waals surface area contributed by atoms with Crippen LogP contribution in [0.2, 0.25) is 0 Å². The fourth-order valence-electron chi connectivity index (χ4n) is 1.08. The molecule has 0 amide bonds. The maximum absolute atomic E-state index is 9.38. The summed E-state index contributed by atoms with van der Waals surface area (Å²) in [5.74, 6) is 0. The zero-order valence-electron chi connectivity index (χ0n) is 6.75. The van der Waals surface area contributed by atoms with Gasteiger partial charge in [0.25, 0.3) is 0 Å². The van der Waals surface area contributed by atoms with Crippen LogP contribution in [-0.4, -0.2) is 37.3 Å². The molecule has 1 N–H and O–H groups in total. The molecule has 0 aliphatic carbocycles. The highest BCUT2D eigenvalue weighted by Gasteiger charge is 2.28. The minimum Gasteiger partial charge on any atom is -0.392 e. The second kappa shape index (κ2) is 4.27. The summed E-state index contributed by atoms with van der Waals surface area (Å²) in [7, 11) is 1.51. The second-order valence-corrected chi connectivity index (χ2v) is 2.57. The maximum Gasteiger partial charge on any atom is 0.159 e.